The first-order valence-corrected chi connectivity index (χ1v) is 8.10. The highest BCUT2D eigenvalue weighted by molar-refractivity contribution is 8.03. The lowest BCUT2D eigenvalue weighted by Crippen LogP contribution is -2.36. The normalized spacial score (nSPS) is 23.4. The van der Waals surface area contributed by atoms with E-state index in [0.29, 0.717) is 11.8 Å². The van der Waals surface area contributed by atoms with E-state index in [1.807, 2.05) is 0 Å². The van der Waals surface area contributed by atoms with Crippen LogP contribution in [0.1, 0.15) is 19.4 Å². The minimum absolute atomic E-state index is 0.0270. The van der Waals surface area contributed by atoms with E-state index in [-0.39, 0.29) is 17.7 Å². The van der Waals surface area contributed by atoms with Crippen LogP contribution in [-0.4, -0.2) is 35.9 Å². The van der Waals surface area contributed by atoms with E-state index in [1.165, 1.54) is 6.92 Å². The molecule has 1 aliphatic heterocycles. The van der Waals surface area contributed by atoms with E-state index in [0.717, 1.165) is 32.2 Å². The van der Waals surface area contributed by atoms with Crippen molar-refractivity contribution in [1.82, 2.24) is 0 Å². The molecule has 0 aliphatic carbocycles. The van der Waals surface area contributed by atoms with Gasteiger partial charge in [-0.2, -0.15) is 17.6 Å². The lowest BCUT2D eigenvalue weighted by Gasteiger charge is -2.25. The number of rotatable bonds is 4. The van der Waals surface area contributed by atoms with Gasteiger partial charge < -0.3 is 9.47 Å². The summed E-state index contributed by atoms with van der Waals surface area (Å²) < 4.78 is 74.8. The topological polar surface area (TPSA) is 35.5 Å². The summed E-state index contributed by atoms with van der Waals surface area (Å²) in [5.41, 5.74) is -0.251. The molecule has 1 heterocycles. The molecule has 1 aliphatic rings. The standard InChI is InChI=1S/C16H15F5O3S/c1-4-24-14(22)13-9(7-15(2,25-13)16(19,20)21)8-5-6-10(17)11(18)12(8)23-3/h5-7,13H,4H2,1-3H3. The quantitative estimate of drug-likeness (QED) is 0.573. The Morgan fingerprint density at radius 3 is 2.48 bits per heavy atom. The van der Waals surface area contributed by atoms with Crippen LogP contribution in [0.15, 0.2) is 18.2 Å². The van der Waals surface area contributed by atoms with Crippen molar-refractivity contribution < 1.29 is 36.2 Å². The largest absolute Gasteiger partial charge is 0.493 e. The van der Waals surface area contributed by atoms with Crippen LogP contribution in [0.2, 0.25) is 0 Å². The molecule has 2 unspecified atom stereocenters. The van der Waals surface area contributed by atoms with Gasteiger partial charge in [0.25, 0.3) is 0 Å². The molecule has 0 fully saturated rings. The minimum atomic E-state index is -4.66. The van der Waals surface area contributed by atoms with Gasteiger partial charge in [0.15, 0.2) is 11.6 Å². The summed E-state index contributed by atoms with van der Waals surface area (Å²) in [4.78, 5) is 12.1. The highest BCUT2D eigenvalue weighted by Crippen LogP contribution is 2.54. The molecule has 138 valence electrons. The summed E-state index contributed by atoms with van der Waals surface area (Å²) in [5, 5.41) is -1.34. The predicted molar refractivity (Wildman–Crippen MR) is 83.4 cm³/mol. The van der Waals surface area contributed by atoms with E-state index in [1.54, 1.807) is 0 Å². The summed E-state index contributed by atoms with van der Waals surface area (Å²) in [5.74, 6) is -4.00. The van der Waals surface area contributed by atoms with E-state index < -0.39 is 39.5 Å². The molecular weight excluding hydrogens is 367 g/mol. The van der Waals surface area contributed by atoms with Crippen LogP contribution in [0.4, 0.5) is 22.0 Å². The molecule has 0 amide bonds. The smallest absolute Gasteiger partial charge is 0.406 e. The molecule has 0 saturated heterocycles. The highest BCUT2D eigenvalue weighted by atomic mass is 32.2. The summed E-state index contributed by atoms with van der Waals surface area (Å²) in [6, 6.07) is 1.85. The predicted octanol–water partition coefficient (Wildman–Crippen LogP) is 4.36. The van der Waals surface area contributed by atoms with Gasteiger partial charge in [-0.1, -0.05) is 6.08 Å². The van der Waals surface area contributed by atoms with Crippen LogP contribution in [-0.2, 0) is 9.53 Å². The fourth-order valence-corrected chi connectivity index (χ4v) is 3.74. The average Bonchev–Trinajstić information content (AvgIpc) is 2.89. The Morgan fingerprint density at radius 2 is 1.96 bits per heavy atom. The molecule has 0 N–H and O–H groups in total. The van der Waals surface area contributed by atoms with Crippen molar-refractivity contribution in [2.75, 3.05) is 13.7 Å². The Morgan fingerprint density at radius 1 is 1.32 bits per heavy atom. The Hall–Kier alpha value is -1.77. The van der Waals surface area contributed by atoms with Crippen LogP contribution in [0.25, 0.3) is 5.57 Å². The zero-order chi connectivity index (χ0) is 19.0. The third kappa shape index (κ3) is 3.47. The van der Waals surface area contributed by atoms with Crippen LogP contribution in [0, 0.1) is 11.6 Å². The van der Waals surface area contributed by atoms with Crippen molar-refractivity contribution in [3.63, 3.8) is 0 Å². The number of esters is 1. The molecule has 2 rings (SSSR count). The van der Waals surface area contributed by atoms with Crippen molar-refractivity contribution in [1.29, 1.82) is 0 Å². The number of hydrogen-bond donors (Lipinski definition) is 0. The molecule has 2 atom stereocenters. The van der Waals surface area contributed by atoms with Crippen LogP contribution in [0.5, 0.6) is 5.75 Å². The van der Waals surface area contributed by atoms with Crippen molar-refractivity contribution in [2.45, 2.75) is 30.0 Å². The lowest BCUT2D eigenvalue weighted by atomic mass is 9.96. The van der Waals surface area contributed by atoms with Gasteiger partial charge in [-0.05, 0) is 31.6 Å². The van der Waals surface area contributed by atoms with Gasteiger partial charge in [0.05, 0.1) is 13.7 Å². The molecule has 3 nitrogen and oxygen atoms in total. The van der Waals surface area contributed by atoms with Crippen molar-refractivity contribution in [3.05, 3.63) is 35.4 Å². The molecular formula is C16H15F5O3S. The molecule has 25 heavy (non-hydrogen) atoms. The van der Waals surface area contributed by atoms with Gasteiger partial charge in [0, 0.05) is 5.56 Å². The lowest BCUT2D eigenvalue weighted by molar-refractivity contribution is -0.143. The number of benzene rings is 1. The Kier molecular flexibility index (Phi) is 5.36. The van der Waals surface area contributed by atoms with Gasteiger partial charge >= 0.3 is 12.1 Å². The number of carbonyl (C=O) groups excluding carboxylic acids is 1. The van der Waals surface area contributed by atoms with Crippen LogP contribution >= 0.6 is 11.8 Å². The third-order valence-electron chi connectivity index (χ3n) is 3.70. The number of ether oxygens (including phenoxy) is 2. The Balaban J connectivity index is 2.63. The summed E-state index contributed by atoms with van der Waals surface area (Å²) in [7, 11) is 1.06. The number of alkyl halides is 3. The second kappa shape index (κ2) is 6.86. The Labute approximate surface area is 145 Å². The minimum Gasteiger partial charge on any atom is -0.493 e. The number of carbonyl (C=O) groups is 1. The monoisotopic (exact) mass is 382 g/mol. The molecule has 1 aromatic rings. The van der Waals surface area contributed by atoms with E-state index >= 15 is 0 Å². The van der Waals surface area contributed by atoms with Gasteiger partial charge in [0.1, 0.15) is 10.00 Å². The van der Waals surface area contributed by atoms with E-state index in [9.17, 15) is 26.7 Å². The number of hydrogen-bond acceptors (Lipinski definition) is 4. The first-order chi connectivity index (χ1) is 11.6. The first-order valence-electron chi connectivity index (χ1n) is 7.22. The molecule has 0 spiro atoms. The highest BCUT2D eigenvalue weighted by Gasteiger charge is 2.57. The zero-order valence-electron chi connectivity index (χ0n) is 13.5. The maximum atomic E-state index is 13.9. The third-order valence-corrected chi connectivity index (χ3v) is 5.23. The Bertz CT molecular complexity index is 716. The maximum absolute atomic E-state index is 13.9. The molecule has 0 saturated carbocycles. The van der Waals surface area contributed by atoms with Crippen molar-refractivity contribution in [2.24, 2.45) is 0 Å². The van der Waals surface area contributed by atoms with Crippen molar-refractivity contribution in [3.8, 4) is 5.75 Å². The maximum Gasteiger partial charge on any atom is 0.406 e. The summed E-state index contributed by atoms with van der Waals surface area (Å²) >= 11 is 0.336. The summed E-state index contributed by atoms with van der Waals surface area (Å²) in [6.07, 6.45) is -3.83. The molecule has 0 radical (unpaired) electrons. The fourth-order valence-electron chi connectivity index (χ4n) is 2.43. The number of methoxy groups -OCH3 is 1. The summed E-state index contributed by atoms with van der Waals surface area (Å²) in [6.45, 7) is 2.39. The van der Waals surface area contributed by atoms with Gasteiger partial charge in [0.2, 0.25) is 5.82 Å². The van der Waals surface area contributed by atoms with E-state index in [4.69, 9.17) is 9.47 Å². The second-order valence-electron chi connectivity index (χ2n) is 5.40. The van der Waals surface area contributed by atoms with Gasteiger partial charge in [-0.3, -0.25) is 4.79 Å². The zero-order valence-corrected chi connectivity index (χ0v) is 14.4. The van der Waals surface area contributed by atoms with Crippen LogP contribution in [0.3, 0.4) is 0 Å². The molecule has 9 heteroatoms. The average molecular weight is 382 g/mol. The van der Waals surface area contributed by atoms with Gasteiger partial charge in [-0.15, -0.1) is 11.8 Å². The first kappa shape index (κ1) is 19.6. The molecule has 0 aromatic heterocycles. The van der Waals surface area contributed by atoms with E-state index in [2.05, 4.69) is 0 Å². The van der Waals surface area contributed by atoms with Gasteiger partial charge in [-0.25, -0.2) is 4.39 Å². The number of thioether (sulfide) groups is 1. The second-order valence-corrected chi connectivity index (χ2v) is 6.95. The fraction of sp³-hybridized carbons (Fsp3) is 0.438. The SMILES string of the molecule is CCOC(=O)C1SC(C)(C(F)(F)F)C=C1c1ccc(F)c(F)c1OC. The van der Waals surface area contributed by atoms with Crippen molar-refractivity contribution >= 4 is 23.3 Å². The molecule has 1 aromatic carbocycles. The molecule has 0 bridgehead atoms. The number of halogens is 5. The van der Waals surface area contributed by atoms with Crippen LogP contribution < -0.4 is 4.74 Å².